The standard InChI is InChI=1S/C22H22O5/c1-26-21-8-4-5-16(22(21)27-14-15-9-10-15)11-12-17(23)13-20(25)18-6-2-3-7-19(18)24/h2-8,11-13,15,24-25H,9-10,14H2,1H3/b12-11+,20-13?. The molecule has 3 rings (SSSR count). The number of rotatable bonds is 8. The Hall–Kier alpha value is -3.21. The van der Waals surface area contributed by atoms with Gasteiger partial charge in [0.2, 0.25) is 0 Å². The number of hydrogen-bond acceptors (Lipinski definition) is 5. The van der Waals surface area contributed by atoms with E-state index < -0.39 is 5.78 Å². The summed E-state index contributed by atoms with van der Waals surface area (Å²) in [6, 6.07) is 11.7. The maximum atomic E-state index is 12.2. The third kappa shape index (κ3) is 4.91. The number of aliphatic hydroxyl groups excluding tert-OH is 1. The second-order valence-electron chi connectivity index (χ2n) is 6.42. The van der Waals surface area contributed by atoms with Crippen molar-refractivity contribution in [2.45, 2.75) is 12.8 Å². The molecule has 1 saturated carbocycles. The number of methoxy groups -OCH3 is 1. The van der Waals surface area contributed by atoms with Crippen LogP contribution < -0.4 is 9.47 Å². The van der Waals surface area contributed by atoms with E-state index in [9.17, 15) is 15.0 Å². The Morgan fingerprint density at radius 1 is 1.19 bits per heavy atom. The topological polar surface area (TPSA) is 76.0 Å². The van der Waals surface area contributed by atoms with Gasteiger partial charge in [0.1, 0.15) is 11.5 Å². The quantitative estimate of drug-likeness (QED) is 0.536. The minimum atomic E-state index is -0.410. The number of hydrogen-bond donors (Lipinski definition) is 2. The molecular formula is C22H22O5. The first-order chi connectivity index (χ1) is 13.1. The molecule has 1 aliphatic carbocycles. The first kappa shape index (κ1) is 18.6. The van der Waals surface area contributed by atoms with Crippen LogP contribution in [0.1, 0.15) is 24.0 Å². The van der Waals surface area contributed by atoms with E-state index in [1.165, 1.54) is 31.1 Å². The monoisotopic (exact) mass is 366 g/mol. The van der Waals surface area contributed by atoms with Gasteiger partial charge < -0.3 is 19.7 Å². The molecule has 2 N–H and O–H groups in total. The van der Waals surface area contributed by atoms with Crippen LogP contribution in [0.3, 0.4) is 0 Å². The second kappa shape index (κ2) is 8.45. The molecular weight excluding hydrogens is 344 g/mol. The van der Waals surface area contributed by atoms with Crippen molar-refractivity contribution in [2.75, 3.05) is 13.7 Å². The predicted octanol–water partition coefficient (Wildman–Crippen LogP) is 4.37. The number of benzene rings is 2. The number of carbonyl (C=O) groups excluding carboxylic acids is 1. The average molecular weight is 366 g/mol. The SMILES string of the molecule is COc1cccc(/C=C/C(=O)C=C(O)c2ccccc2O)c1OCC1CC1. The van der Waals surface area contributed by atoms with Crippen LogP contribution in [-0.2, 0) is 4.79 Å². The molecule has 0 spiro atoms. The zero-order chi connectivity index (χ0) is 19.2. The van der Waals surface area contributed by atoms with E-state index in [4.69, 9.17) is 9.47 Å². The average Bonchev–Trinajstić information content (AvgIpc) is 3.49. The summed E-state index contributed by atoms with van der Waals surface area (Å²) < 4.78 is 11.3. The van der Waals surface area contributed by atoms with Gasteiger partial charge in [-0.05, 0) is 49.1 Å². The summed E-state index contributed by atoms with van der Waals surface area (Å²) in [7, 11) is 1.57. The lowest BCUT2D eigenvalue weighted by Gasteiger charge is -2.13. The number of ether oxygens (including phenoxy) is 2. The number of aliphatic hydroxyl groups is 1. The minimum absolute atomic E-state index is 0.0911. The van der Waals surface area contributed by atoms with E-state index >= 15 is 0 Å². The smallest absolute Gasteiger partial charge is 0.182 e. The van der Waals surface area contributed by atoms with E-state index in [0.717, 1.165) is 11.6 Å². The Morgan fingerprint density at radius 2 is 1.96 bits per heavy atom. The van der Waals surface area contributed by atoms with Crippen LogP contribution in [-0.4, -0.2) is 29.7 Å². The number of allylic oxidation sites excluding steroid dienone is 2. The third-order valence-electron chi connectivity index (χ3n) is 4.28. The van der Waals surface area contributed by atoms with Gasteiger partial charge in [-0.25, -0.2) is 0 Å². The fourth-order valence-electron chi connectivity index (χ4n) is 2.59. The van der Waals surface area contributed by atoms with Crippen molar-refractivity contribution in [3.63, 3.8) is 0 Å². The van der Waals surface area contributed by atoms with Crippen molar-refractivity contribution in [1.29, 1.82) is 0 Å². The second-order valence-corrected chi connectivity index (χ2v) is 6.42. The first-order valence-electron chi connectivity index (χ1n) is 8.79. The van der Waals surface area contributed by atoms with Crippen molar-refractivity contribution in [2.24, 2.45) is 5.92 Å². The zero-order valence-electron chi connectivity index (χ0n) is 15.1. The van der Waals surface area contributed by atoms with Crippen LogP contribution in [0.25, 0.3) is 11.8 Å². The summed E-state index contributed by atoms with van der Waals surface area (Å²) in [6.07, 6.45) is 6.39. The van der Waals surface area contributed by atoms with Crippen LogP contribution in [0.5, 0.6) is 17.2 Å². The highest BCUT2D eigenvalue weighted by molar-refractivity contribution is 6.05. The van der Waals surface area contributed by atoms with Crippen LogP contribution in [0.4, 0.5) is 0 Å². The lowest BCUT2D eigenvalue weighted by Crippen LogP contribution is -2.02. The van der Waals surface area contributed by atoms with Crippen molar-refractivity contribution < 1.29 is 24.5 Å². The first-order valence-corrected chi connectivity index (χ1v) is 8.79. The maximum Gasteiger partial charge on any atom is 0.182 e. The van der Waals surface area contributed by atoms with Crippen molar-refractivity contribution in [3.8, 4) is 17.2 Å². The van der Waals surface area contributed by atoms with Gasteiger partial charge in [-0.1, -0.05) is 24.3 Å². The number of para-hydroxylation sites is 2. The summed E-state index contributed by atoms with van der Waals surface area (Å²) in [6.45, 7) is 0.628. The molecule has 0 saturated heterocycles. The van der Waals surface area contributed by atoms with Crippen LogP contribution >= 0.6 is 0 Å². The molecule has 5 heteroatoms. The molecule has 0 amide bonds. The normalized spacial score (nSPS) is 14.3. The van der Waals surface area contributed by atoms with Gasteiger partial charge in [-0.3, -0.25) is 4.79 Å². The van der Waals surface area contributed by atoms with Gasteiger partial charge in [-0.2, -0.15) is 0 Å². The fraction of sp³-hybridized carbons (Fsp3) is 0.227. The maximum absolute atomic E-state index is 12.2. The highest BCUT2D eigenvalue weighted by Gasteiger charge is 2.23. The Bertz CT molecular complexity index is 878. The molecule has 140 valence electrons. The van der Waals surface area contributed by atoms with Crippen molar-refractivity contribution >= 4 is 17.6 Å². The number of aromatic hydroxyl groups is 1. The van der Waals surface area contributed by atoms with E-state index in [2.05, 4.69) is 0 Å². The summed E-state index contributed by atoms with van der Waals surface area (Å²) in [4.78, 5) is 12.2. The summed E-state index contributed by atoms with van der Waals surface area (Å²) in [5.41, 5.74) is 0.924. The number of ketones is 1. The number of phenols is 1. The Kier molecular flexibility index (Phi) is 5.81. The summed E-state index contributed by atoms with van der Waals surface area (Å²) in [5, 5.41) is 19.8. The summed E-state index contributed by atoms with van der Waals surface area (Å²) >= 11 is 0. The van der Waals surface area contributed by atoms with Crippen LogP contribution in [0.2, 0.25) is 0 Å². The minimum Gasteiger partial charge on any atom is -0.507 e. The van der Waals surface area contributed by atoms with Crippen LogP contribution in [0, 0.1) is 5.92 Å². The van der Waals surface area contributed by atoms with E-state index in [1.807, 2.05) is 18.2 Å². The van der Waals surface area contributed by atoms with E-state index in [1.54, 1.807) is 25.3 Å². The zero-order valence-corrected chi connectivity index (χ0v) is 15.1. The van der Waals surface area contributed by atoms with E-state index in [-0.39, 0.29) is 17.1 Å². The predicted molar refractivity (Wildman–Crippen MR) is 104 cm³/mol. The lowest BCUT2D eigenvalue weighted by molar-refractivity contribution is -0.110. The molecule has 1 aliphatic rings. The highest BCUT2D eigenvalue weighted by atomic mass is 16.5. The molecule has 0 aliphatic heterocycles. The molecule has 2 aromatic rings. The molecule has 0 unspecified atom stereocenters. The Morgan fingerprint density at radius 3 is 2.67 bits per heavy atom. The fourth-order valence-corrected chi connectivity index (χ4v) is 2.59. The van der Waals surface area contributed by atoms with Gasteiger partial charge in [0, 0.05) is 11.6 Å². The molecule has 0 heterocycles. The Balaban J connectivity index is 1.77. The van der Waals surface area contributed by atoms with Gasteiger partial charge in [0.05, 0.1) is 19.3 Å². The van der Waals surface area contributed by atoms with Gasteiger partial charge in [0.25, 0.3) is 0 Å². The van der Waals surface area contributed by atoms with Gasteiger partial charge in [0.15, 0.2) is 17.3 Å². The Labute approximate surface area is 158 Å². The molecule has 5 nitrogen and oxygen atoms in total. The van der Waals surface area contributed by atoms with E-state index in [0.29, 0.717) is 24.0 Å². The molecule has 0 aromatic heterocycles. The molecule has 0 atom stereocenters. The molecule has 1 fully saturated rings. The van der Waals surface area contributed by atoms with Crippen molar-refractivity contribution in [1.82, 2.24) is 0 Å². The molecule has 0 radical (unpaired) electrons. The largest absolute Gasteiger partial charge is 0.507 e. The lowest BCUT2D eigenvalue weighted by atomic mass is 10.1. The highest BCUT2D eigenvalue weighted by Crippen LogP contribution is 2.35. The van der Waals surface area contributed by atoms with Crippen molar-refractivity contribution in [3.05, 3.63) is 65.7 Å². The number of phenolic OH excluding ortho intramolecular Hbond substituents is 1. The van der Waals surface area contributed by atoms with Gasteiger partial charge in [-0.15, -0.1) is 0 Å². The van der Waals surface area contributed by atoms with Gasteiger partial charge >= 0.3 is 0 Å². The molecule has 2 aromatic carbocycles. The third-order valence-corrected chi connectivity index (χ3v) is 4.28. The molecule has 27 heavy (non-hydrogen) atoms. The molecule has 0 bridgehead atoms. The number of carbonyl (C=O) groups is 1. The summed E-state index contributed by atoms with van der Waals surface area (Å²) in [5.74, 6) is 1.01. The van der Waals surface area contributed by atoms with Crippen LogP contribution in [0.15, 0.2) is 54.6 Å².